The van der Waals surface area contributed by atoms with Gasteiger partial charge in [-0.25, -0.2) is 0 Å². The molecule has 0 aromatic heterocycles. The third-order valence-corrected chi connectivity index (χ3v) is 0.485. The summed E-state index contributed by atoms with van der Waals surface area (Å²) >= 11 is 0. The van der Waals surface area contributed by atoms with Crippen molar-refractivity contribution in [2.24, 2.45) is 15.9 Å². The minimum Gasteiger partial charge on any atom is -0.394 e. The molecule has 4 heteroatoms. The molecular weight excluding hydrogens is 76.9 g/mol. The van der Waals surface area contributed by atoms with Crippen molar-refractivity contribution in [2.75, 3.05) is 0 Å². The molecule has 0 amide bonds. The average Bonchev–Trinajstić information content (AvgIpc) is 1.86. The highest BCUT2D eigenvalue weighted by atomic mass is 15.2. The van der Waals surface area contributed by atoms with E-state index in [1.54, 1.807) is 13.4 Å². The van der Waals surface area contributed by atoms with Crippen molar-refractivity contribution in [3.05, 3.63) is 0 Å². The first-order chi connectivity index (χ1) is 2.89. The van der Waals surface area contributed by atoms with Gasteiger partial charge in [-0.2, -0.15) is 10.2 Å². The fourth-order valence-electron chi connectivity index (χ4n) is 0.243. The van der Waals surface area contributed by atoms with Crippen LogP contribution in [0, 0.1) is 0 Å². The van der Waals surface area contributed by atoms with Crippen LogP contribution in [0.5, 0.6) is 0 Å². The summed E-state index contributed by atoms with van der Waals surface area (Å²) < 4.78 is 0. The molecule has 1 radical (unpaired) electrons. The van der Waals surface area contributed by atoms with E-state index in [4.69, 9.17) is 5.73 Å². The van der Waals surface area contributed by atoms with Crippen molar-refractivity contribution < 1.29 is 0 Å². The second-order valence-corrected chi connectivity index (χ2v) is 0.956. The van der Waals surface area contributed by atoms with Crippen molar-refractivity contribution in [2.45, 2.75) is 0 Å². The number of hydrogen-bond donors (Lipinski definition) is 1. The molecule has 1 aliphatic heterocycles. The molecule has 1 heterocycles. The van der Waals surface area contributed by atoms with Crippen LogP contribution in [0.1, 0.15) is 0 Å². The molecule has 0 atom stereocenters. The number of nitrogens with zero attached hydrogens (tertiary/aromatic N) is 2. The van der Waals surface area contributed by atoms with E-state index in [0.29, 0.717) is 5.73 Å². The Balaban J connectivity index is 2.61. The van der Waals surface area contributed by atoms with Crippen molar-refractivity contribution in [3.8, 4) is 0 Å². The van der Waals surface area contributed by atoms with Crippen LogP contribution in [-0.2, 0) is 0 Å². The minimum absolute atomic E-state index is 0.481. The molecule has 0 saturated carbocycles. The maximum atomic E-state index is 5.10. The van der Waals surface area contributed by atoms with E-state index < -0.39 is 0 Å². The van der Waals surface area contributed by atoms with Crippen molar-refractivity contribution in [1.82, 2.24) is 0 Å². The topological polar surface area (TPSA) is 50.7 Å². The molecule has 0 aromatic rings. The maximum absolute atomic E-state index is 5.10. The third kappa shape index (κ3) is 0.405. The predicted molar refractivity (Wildman–Crippen MR) is 25.9 cm³/mol. The van der Waals surface area contributed by atoms with Crippen LogP contribution in [0.25, 0.3) is 0 Å². The zero-order valence-electron chi connectivity index (χ0n) is 3.13. The number of hydrogen-bond acceptors (Lipinski definition) is 3. The lowest BCUT2D eigenvalue weighted by atomic mass is 9.80. The van der Waals surface area contributed by atoms with Gasteiger partial charge in [0.05, 0.1) is 5.73 Å². The SMILES string of the molecule is NC1=NN=C[B]1. The maximum Gasteiger partial charge on any atom is 0.259 e. The van der Waals surface area contributed by atoms with Gasteiger partial charge >= 0.3 is 0 Å². The lowest BCUT2D eigenvalue weighted by Gasteiger charge is -1.73. The average molecular weight is 79.9 g/mol. The first-order valence-electron chi connectivity index (χ1n) is 1.59. The van der Waals surface area contributed by atoms with E-state index in [9.17, 15) is 0 Å². The number of rotatable bonds is 0. The van der Waals surface area contributed by atoms with Gasteiger partial charge in [-0.1, -0.05) is 0 Å². The van der Waals surface area contributed by atoms with Gasteiger partial charge < -0.3 is 5.73 Å². The van der Waals surface area contributed by atoms with Gasteiger partial charge in [0.15, 0.2) is 0 Å². The van der Waals surface area contributed by atoms with Crippen LogP contribution in [0.4, 0.5) is 0 Å². The Morgan fingerprint density at radius 2 is 2.67 bits per heavy atom. The fraction of sp³-hybridized carbons (Fsp3) is 0. The lowest BCUT2D eigenvalue weighted by molar-refractivity contribution is 1.27. The molecule has 0 bridgehead atoms. The molecule has 6 heavy (non-hydrogen) atoms. The number of nitrogens with two attached hydrogens (primary N) is 1. The normalized spacial score (nSPS) is 17.0. The van der Waals surface area contributed by atoms with Gasteiger partial charge in [0, 0.05) is 0 Å². The summed E-state index contributed by atoms with van der Waals surface area (Å²) in [6.07, 6.45) is 1.55. The molecule has 29 valence electrons. The Morgan fingerprint density at radius 1 is 1.83 bits per heavy atom. The molecule has 0 unspecified atom stereocenters. The van der Waals surface area contributed by atoms with Crippen LogP contribution >= 0.6 is 0 Å². The second-order valence-electron chi connectivity index (χ2n) is 0.956. The van der Waals surface area contributed by atoms with Crippen LogP contribution < -0.4 is 5.73 Å². The third-order valence-electron chi connectivity index (χ3n) is 0.485. The molecular formula is C2H3BN3. The Kier molecular flexibility index (Phi) is 0.635. The highest BCUT2D eigenvalue weighted by Gasteiger charge is 1.94. The second kappa shape index (κ2) is 1.12. The van der Waals surface area contributed by atoms with Gasteiger partial charge in [0.1, 0.15) is 0 Å². The molecule has 0 saturated heterocycles. The van der Waals surface area contributed by atoms with E-state index in [1.165, 1.54) is 0 Å². The zero-order valence-corrected chi connectivity index (χ0v) is 3.13. The smallest absolute Gasteiger partial charge is 0.259 e. The van der Waals surface area contributed by atoms with E-state index in [-0.39, 0.29) is 0 Å². The summed E-state index contributed by atoms with van der Waals surface area (Å²) in [6, 6.07) is 0. The van der Waals surface area contributed by atoms with Gasteiger partial charge in [-0.05, 0) is 6.11 Å². The Morgan fingerprint density at radius 3 is 2.83 bits per heavy atom. The summed E-state index contributed by atoms with van der Waals surface area (Å²) in [7, 11) is 1.64. The standard InChI is InChI=1S/C2H3BN3/c4-2-3-1-5-6-2/h1H,(H2,4,6). The van der Waals surface area contributed by atoms with Crippen LogP contribution in [0.2, 0.25) is 0 Å². The molecule has 0 aromatic carbocycles. The minimum atomic E-state index is 0.481. The van der Waals surface area contributed by atoms with E-state index in [2.05, 4.69) is 10.2 Å². The summed E-state index contributed by atoms with van der Waals surface area (Å²) in [5, 5.41) is 6.89. The molecule has 1 rings (SSSR count). The molecule has 2 N–H and O–H groups in total. The van der Waals surface area contributed by atoms with Gasteiger partial charge in [0.2, 0.25) is 0 Å². The molecule has 3 nitrogen and oxygen atoms in total. The Bertz CT molecular complexity index is 105. The summed E-state index contributed by atoms with van der Waals surface area (Å²) in [5.41, 5.74) is 5.59. The molecule has 0 fully saturated rings. The lowest BCUT2D eigenvalue weighted by Crippen LogP contribution is -2.16. The zero-order chi connectivity index (χ0) is 4.41. The summed E-state index contributed by atoms with van der Waals surface area (Å²) in [4.78, 5) is 0. The Hall–Kier alpha value is -0.795. The van der Waals surface area contributed by atoms with E-state index in [0.717, 1.165) is 0 Å². The summed E-state index contributed by atoms with van der Waals surface area (Å²) in [6.45, 7) is 0. The van der Waals surface area contributed by atoms with E-state index >= 15 is 0 Å². The largest absolute Gasteiger partial charge is 0.394 e. The van der Waals surface area contributed by atoms with Crippen molar-refractivity contribution in [1.29, 1.82) is 0 Å². The highest BCUT2D eigenvalue weighted by Crippen LogP contribution is 1.75. The van der Waals surface area contributed by atoms with Crippen molar-refractivity contribution in [3.63, 3.8) is 0 Å². The Labute approximate surface area is 36.2 Å². The monoisotopic (exact) mass is 80.0 g/mol. The van der Waals surface area contributed by atoms with Gasteiger partial charge in [0.25, 0.3) is 7.28 Å². The molecule has 1 aliphatic rings. The van der Waals surface area contributed by atoms with E-state index in [1.807, 2.05) is 0 Å². The molecule has 0 aliphatic carbocycles. The quantitative estimate of drug-likeness (QED) is 0.371. The van der Waals surface area contributed by atoms with Crippen LogP contribution in [0.3, 0.4) is 0 Å². The van der Waals surface area contributed by atoms with Gasteiger partial charge in [-0.3, -0.25) is 0 Å². The predicted octanol–water partition coefficient (Wildman–Crippen LogP) is -1.04. The van der Waals surface area contributed by atoms with Gasteiger partial charge in [-0.15, -0.1) is 0 Å². The first-order valence-corrected chi connectivity index (χ1v) is 1.59. The van der Waals surface area contributed by atoms with Crippen LogP contribution in [-0.4, -0.2) is 19.1 Å². The number of amidine groups is 1. The fourth-order valence-corrected chi connectivity index (χ4v) is 0.243. The van der Waals surface area contributed by atoms with Crippen molar-refractivity contribution >= 4 is 19.1 Å². The summed E-state index contributed by atoms with van der Waals surface area (Å²) in [5.74, 6) is 0. The highest BCUT2D eigenvalue weighted by molar-refractivity contribution is 6.94. The van der Waals surface area contributed by atoms with Crippen LogP contribution in [0.15, 0.2) is 10.2 Å². The molecule has 0 spiro atoms. The first kappa shape index (κ1) is 3.40.